The number of fused-ring (bicyclic) bond motifs is 1. The minimum atomic E-state index is -0.865. The summed E-state index contributed by atoms with van der Waals surface area (Å²) in [4.78, 5) is 16.8. The molecule has 2 heterocycles. The Morgan fingerprint density at radius 1 is 1.07 bits per heavy atom. The van der Waals surface area contributed by atoms with Crippen LogP contribution in [0.15, 0.2) is 53.1 Å². The van der Waals surface area contributed by atoms with Gasteiger partial charge in [0.2, 0.25) is 11.9 Å². The Labute approximate surface area is 168 Å². The Bertz CT molecular complexity index is 996. The van der Waals surface area contributed by atoms with Crippen LogP contribution in [0, 0.1) is 0 Å². The Hall–Kier alpha value is -3.35. The Morgan fingerprint density at radius 2 is 1.76 bits per heavy atom. The van der Waals surface area contributed by atoms with Gasteiger partial charge < -0.3 is 18.7 Å². The molecule has 2 aromatic carbocycles. The quantitative estimate of drug-likeness (QED) is 0.602. The Morgan fingerprint density at radius 3 is 2.45 bits per heavy atom. The van der Waals surface area contributed by atoms with Crippen LogP contribution in [0.25, 0.3) is 11.4 Å². The van der Waals surface area contributed by atoms with Gasteiger partial charge >= 0.3 is 5.97 Å². The molecule has 4 rings (SSSR count). The molecular formula is C22H22N2O5. The van der Waals surface area contributed by atoms with Crippen molar-refractivity contribution >= 4 is 5.97 Å². The molecule has 2 atom stereocenters. The fourth-order valence-corrected chi connectivity index (χ4v) is 3.04. The molecule has 0 saturated heterocycles. The van der Waals surface area contributed by atoms with Crippen molar-refractivity contribution in [3.63, 3.8) is 0 Å². The Kier molecular flexibility index (Phi) is 5.20. The van der Waals surface area contributed by atoms with E-state index in [1.165, 1.54) is 5.56 Å². The SMILES string of the molecule is CC(C)c1ccc(-c2noc(COC(=O)C3Oc4ccccc4OC3C)n2)cc1. The van der Waals surface area contributed by atoms with Gasteiger partial charge in [0.25, 0.3) is 5.89 Å². The van der Waals surface area contributed by atoms with Gasteiger partial charge in [-0.05, 0) is 30.5 Å². The number of ether oxygens (including phenoxy) is 3. The van der Waals surface area contributed by atoms with Crippen LogP contribution in [0.4, 0.5) is 0 Å². The summed E-state index contributed by atoms with van der Waals surface area (Å²) in [5.41, 5.74) is 2.07. The minimum absolute atomic E-state index is 0.135. The lowest BCUT2D eigenvalue weighted by atomic mass is 10.0. The summed E-state index contributed by atoms with van der Waals surface area (Å²) in [7, 11) is 0. The molecule has 2 unspecified atom stereocenters. The summed E-state index contributed by atoms with van der Waals surface area (Å²) >= 11 is 0. The molecule has 7 heteroatoms. The normalized spacial score (nSPS) is 17.9. The van der Waals surface area contributed by atoms with E-state index in [2.05, 4.69) is 24.0 Å². The number of benzene rings is 2. The third-order valence-corrected chi connectivity index (χ3v) is 4.72. The highest BCUT2D eigenvalue weighted by Gasteiger charge is 2.35. The van der Waals surface area contributed by atoms with Gasteiger partial charge in [-0.1, -0.05) is 55.4 Å². The summed E-state index contributed by atoms with van der Waals surface area (Å²) in [6, 6.07) is 15.2. The van der Waals surface area contributed by atoms with E-state index in [1.54, 1.807) is 19.1 Å². The lowest BCUT2D eigenvalue weighted by Gasteiger charge is -2.30. The van der Waals surface area contributed by atoms with Crippen LogP contribution >= 0.6 is 0 Å². The van der Waals surface area contributed by atoms with Gasteiger partial charge in [0.05, 0.1) is 0 Å². The molecule has 0 aliphatic carbocycles. The number of esters is 1. The van der Waals surface area contributed by atoms with Gasteiger partial charge in [0.15, 0.2) is 18.1 Å². The molecule has 150 valence electrons. The predicted molar refractivity (Wildman–Crippen MR) is 105 cm³/mol. The average molecular weight is 394 g/mol. The molecule has 7 nitrogen and oxygen atoms in total. The number of nitrogens with zero attached hydrogens (tertiary/aromatic N) is 2. The smallest absolute Gasteiger partial charge is 0.351 e. The van der Waals surface area contributed by atoms with Gasteiger partial charge in [0.1, 0.15) is 6.10 Å². The molecule has 0 N–H and O–H groups in total. The highest BCUT2D eigenvalue weighted by molar-refractivity contribution is 5.76. The molecule has 1 aromatic heterocycles. The first-order chi connectivity index (χ1) is 14.0. The molecule has 0 amide bonds. The molecule has 1 aliphatic heterocycles. The van der Waals surface area contributed by atoms with E-state index in [4.69, 9.17) is 18.7 Å². The molecule has 0 fully saturated rings. The van der Waals surface area contributed by atoms with Crippen molar-refractivity contribution in [1.29, 1.82) is 0 Å². The predicted octanol–water partition coefficient (Wildman–Crippen LogP) is 4.13. The largest absolute Gasteiger partial charge is 0.482 e. The van der Waals surface area contributed by atoms with E-state index in [-0.39, 0.29) is 12.5 Å². The second-order valence-corrected chi connectivity index (χ2v) is 7.20. The number of carbonyl (C=O) groups excluding carboxylic acids is 1. The fraction of sp³-hybridized carbons (Fsp3) is 0.318. The number of hydrogen-bond donors (Lipinski definition) is 0. The highest BCUT2D eigenvalue weighted by atomic mass is 16.6. The van der Waals surface area contributed by atoms with Crippen LogP contribution < -0.4 is 9.47 Å². The second-order valence-electron chi connectivity index (χ2n) is 7.20. The van der Waals surface area contributed by atoms with Crippen LogP contribution in [0.2, 0.25) is 0 Å². The number of para-hydroxylation sites is 2. The summed E-state index contributed by atoms with van der Waals surface area (Å²) < 4.78 is 22.0. The summed E-state index contributed by atoms with van der Waals surface area (Å²) in [6.45, 7) is 5.89. The van der Waals surface area contributed by atoms with Crippen molar-refractivity contribution in [2.24, 2.45) is 0 Å². The third kappa shape index (κ3) is 4.08. The average Bonchev–Trinajstić information content (AvgIpc) is 3.20. The van der Waals surface area contributed by atoms with Crippen molar-refractivity contribution in [1.82, 2.24) is 10.1 Å². The highest BCUT2D eigenvalue weighted by Crippen LogP contribution is 2.33. The van der Waals surface area contributed by atoms with Crippen molar-refractivity contribution in [3.05, 3.63) is 60.0 Å². The van der Waals surface area contributed by atoms with Gasteiger partial charge in [0, 0.05) is 5.56 Å². The van der Waals surface area contributed by atoms with Crippen LogP contribution in [-0.4, -0.2) is 28.3 Å². The molecular weight excluding hydrogens is 372 g/mol. The first kappa shape index (κ1) is 19.0. The monoisotopic (exact) mass is 394 g/mol. The van der Waals surface area contributed by atoms with E-state index in [1.807, 2.05) is 36.4 Å². The van der Waals surface area contributed by atoms with Gasteiger partial charge in [-0.3, -0.25) is 0 Å². The van der Waals surface area contributed by atoms with E-state index in [0.29, 0.717) is 23.2 Å². The summed E-state index contributed by atoms with van der Waals surface area (Å²) in [6.07, 6.45) is -1.34. The molecule has 0 bridgehead atoms. The molecule has 0 saturated carbocycles. The maximum absolute atomic E-state index is 12.5. The third-order valence-electron chi connectivity index (χ3n) is 4.72. The number of rotatable bonds is 5. The van der Waals surface area contributed by atoms with E-state index in [0.717, 1.165) is 5.56 Å². The number of carbonyl (C=O) groups is 1. The maximum Gasteiger partial charge on any atom is 0.351 e. The van der Waals surface area contributed by atoms with Gasteiger partial charge in [-0.15, -0.1) is 0 Å². The summed E-state index contributed by atoms with van der Waals surface area (Å²) in [5.74, 6) is 1.68. The van der Waals surface area contributed by atoms with Crippen molar-refractivity contribution < 1.29 is 23.5 Å². The van der Waals surface area contributed by atoms with Crippen molar-refractivity contribution in [2.75, 3.05) is 0 Å². The van der Waals surface area contributed by atoms with Crippen molar-refractivity contribution in [3.8, 4) is 22.9 Å². The number of hydrogen-bond acceptors (Lipinski definition) is 7. The molecule has 0 spiro atoms. The molecule has 1 aliphatic rings. The molecule has 0 radical (unpaired) electrons. The van der Waals surface area contributed by atoms with E-state index < -0.39 is 18.2 Å². The van der Waals surface area contributed by atoms with Crippen LogP contribution in [0.5, 0.6) is 11.5 Å². The van der Waals surface area contributed by atoms with Gasteiger partial charge in [-0.25, -0.2) is 4.79 Å². The number of aromatic nitrogens is 2. The summed E-state index contributed by atoms with van der Waals surface area (Å²) in [5, 5.41) is 3.96. The topological polar surface area (TPSA) is 83.7 Å². The first-order valence-electron chi connectivity index (χ1n) is 9.53. The second kappa shape index (κ2) is 7.95. The van der Waals surface area contributed by atoms with Gasteiger partial charge in [-0.2, -0.15) is 4.98 Å². The molecule has 3 aromatic rings. The standard InChI is InChI=1S/C22H22N2O5/c1-13(2)15-8-10-16(11-9-15)21-23-19(29-24-21)12-26-22(25)20-14(3)27-17-6-4-5-7-18(17)28-20/h4-11,13-14,20H,12H2,1-3H3. The Balaban J connectivity index is 1.38. The zero-order valence-electron chi connectivity index (χ0n) is 16.5. The minimum Gasteiger partial charge on any atom is -0.482 e. The lowest BCUT2D eigenvalue weighted by molar-refractivity contribution is -0.159. The fourth-order valence-electron chi connectivity index (χ4n) is 3.04. The molecule has 29 heavy (non-hydrogen) atoms. The van der Waals surface area contributed by atoms with Crippen molar-refractivity contribution in [2.45, 2.75) is 45.5 Å². The van der Waals surface area contributed by atoms with E-state index in [9.17, 15) is 4.79 Å². The lowest BCUT2D eigenvalue weighted by Crippen LogP contribution is -2.44. The zero-order chi connectivity index (χ0) is 20.4. The first-order valence-corrected chi connectivity index (χ1v) is 9.53. The maximum atomic E-state index is 12.5. The van der Waals surface area contributed by atoms with Crippen LogP contribution in [0.1, 0.15) is 38.1 Å². The van der Waals surface area contributed by atoms with Crippen LogP contribution in [-0.2, 0) is 16.1 Å². The van der Waals surface area contributed by atoms with E-state index >= 15 is 0 Å². The zero-order valence-corrected chi connectivity index (χ0v) is 16.5. The van der Waals surface area contributed by atoms with Crippen LogP contribution in [0.3, 0.4) is 0 Å².